The number of hydrogen-bond acceptors (Lipinski definition) is 2. The van der Waals surface area contributed by atoms with Gasteiger partial charge in [0.2, 0.25) is 5.91 Å². The molecule has 0 spiro atoms. The molecule has 1 aliphatic heterocycles. The summed E-state index contributed by atoms with van der Waals surface area (Å²) in [6, 6.07) is 8.31. The predicted octanol–water partition coefficient (Wildman–Crippen LogP) is 4.06. The largest absolute Gasteiger partial charge is 0.342 e. The monoisotopic (exact) mass is 311 g/mol. The first kappa shape index (κ1) is 15.7. The molecule has 0 aliphatic carbocycles. The zero-order valence-electron chi connectivity index (χ0n) is 11.8. The molecule has 1 aromatic rings. The highest BCUT2D eigenvalue weighted by Gasteiger charge is 2.14. The average Bonchev–Trinajstić information content (AvgIpc) is 2.77. The van der Waals surface area contributed by atoms with E-state index in [2.05, 4.69) is 24.3 Å². The minimum absolute atomic E-state index is 0.300. The Morgan fingerprint density at radius 2 is 1.65 bits per heavy atom. The molecule has 110 valence electrons. The fraction of sp³-hybridized carbons (Fsp3) is 0.562. The molecule has 0 N–H and O–H groups in total. The molecule has 0 atom stereocenters. The Labute approximate surface area is 130 Å². The van der Waals surface area contributed by atoms with E-state index in [1.807, 2.05) is 4.90 Å². The van der Waals surface area contributed by atoms with Gasteiger partial charge in [-0.2, -0.15) is 0 Å². The molecule has 2 rings (SSSR count). The Kier molecular flexibility index (Phi) is 6.74. The third kappa shape index (κ3) is 5.02. The summed E-state index contributed by atoms with van der Waals surface area (Å²) in [5.41, 5.74) is 2.40. The fourth-order valence-electron chi connectivity index (χ4n) is 2.39. The fourth-order valence-corrected chi connectivity index (χ4v) is 3.46. The summed E-state index contributed by atoms with van der Waals surface area (Å²) in [6.45, 7) is 1.90. The molecule has 0 saturated carbocycles. The maximum Gasteiger partial charge on any atom is 0.232 e. The molecule has 1 aromatic carbocycles. The minimum Gasteiger partial charge on any atom is -0.342 e. The van der Waals surface area contributed by atoms with Gasteiger partial charge in [0.15, 0.2) is 0 Å². The zero-order valence-corrected chi connectivity index (χ0v) is 13.4. The van der Waals surface area contributed by atoms with Gasteiger partial charge in [0, 0.05) is 24.7 Å². The molecule has 1 saturated heterocycles. The van der Waals surface area contributed by atoms with Crippen LogP contribution in [-0.2, 0) is 16.4 Å². The zero-order chi connectivity index (χ0) is 14.2. The van der Waals surface area contributed by atoms with Crippen molar-refractivity contribution in [1.82, 2.24) is 4.90 Å². The molecular weight excluding hydrogens is 290 g/mol. The molecule has 4 heteroatoms. The summed E-state index contributed by atoms with van der Waals surface area (Å²) in [5.74, 6) is 2.34. The summed E-state index contributed by atoms with van der Waals surface area (Å²) < 4.78 is 0. The molecule has 20 heavy (non-hydrogen) atoms. The van der Waals surface area contributed by atoms with Crippen molar-refractivity contribution in [3.63, 3.8) is 0 Å². The molecular formula is C16H22ClNOS. The van der Waals surface area contributed by atoms with Crippen molar-refractivity contribution >= 4 is 29.3 Å². The van der Waals surface area contributed by atoms with E-state index in [-0.39, 0.29) is 0 Å². The van der Waals surface area contributed by atoms with Crippen LogP contribution < -0.4 is 0 Å². The highest BCUT2D eigenvalue weighted by atomic mass is 35.5. The lowest BCUT2D eigenvalue weighted by Gasteiger charge is -2.19. The summed E-state index contributed by atoms with van der Waals surface area (Å²) in [6.07, 6.45) is 4.86. The number of benzene rings is 1. The lowest BCUT2D eigenvalue weighted by Crippen LogP contribution is -2.33. The third-order valence-corrected chi connectivity index (χ3v) is 4.93. The van der Waals surface area contributed by atoms with Crippen molar-refractivity contribution in [3.8, 4) is 0 Å². The normalized spacial score (nSPS) is 15.9. The second kappa shape index (κ2) is 8.58. The van der Waals surface area contributed by atoms with Gasteiger partial charge in [-0.3, -0.25) is 4.79 Å². The van der Waals surface area contributed by atoms with E-state index in [1.165, 1.54) is 18.4 Å². The number of rotatable bonds is 5. The molecule has 0 radical (unpaired) electrons. The maximum atomic E-state index is 12.1. The third-order valence-electron chi connectivity index (χ3n) is 3.63. The summed E-state index contributed by atoms with van der Waals surface area (Å²) >= 11 is 7.47. The number of carbonyl (C=O) groups is 1. The summed E-state index contributed by atoms with van der Waals surface area (Å²) in [7, 11) is 0. The van der Waals surface area contributed by atoms with Crippen LogP contribution in [0.25, 0.3) is 0 Å². The van der Waals surface area contributed by atoms with Crippen LogP contribution in [0.2, 0.25) is 0 Å². The lowest BCUT2D eigenvalue weighted by molar-refractivity contribution is -0.128. The number of amides is 1. The van der Waals surface area contributed by atoms with Gasteiger partial charge in [-0.05, 0) is 24.0 Å². The number of nitrogens with zero attached hydrogens (tertiary/aromatic N) is 1. The van der Waals surface area contributed by atoms with E-state index in [0.29, 0.717) is 17.5 Å². The van der Waals surface area contributed by atoms with Gasteiger partial charge in [-0.15, -0.1) is 23.4 Å². The van der Waals surface area contributed by atoms with Crippen LogP contribution in [-0.4, -0.2) is 29.6 Å². The van der Waals surface area contributed by atoms with E-state index in [4.69, 9.17) is 11.6 Å². The standard InChI is InChI=1S/C16H22ClNOS/c17-11-14-5-7-15(8-6-14)12-20-13-16(19)18-9-3-1-2-4-10-18/h5-8H,1-4,9-13H2. The van der Waals surface area contributed by atoms with Crippen LogP contribution in [0.5, 0.6) is 0 Å². The first-order chi connectivity index (χ1) is 9.79. The van der Waals surface area contributed by atoms with Gasteiger partial charge in [-0.1, -0.05) is 37.1 Å². The van der Waals surface area contributed by atoms with Crippen molar-refractivity contribution in [3.05, 3.63) is 35.4 Å². The van der Waals surface area contributed by atoms with Crippen molar-refractivity contribution in [2.45, 2.75) is 37.3 Å². The lowest BCUT2D eigenvalue weighted by atomic mass is 10.2. The Bertz CT molecular complexity index is 413. The second-order valence-corrected chi connectivity index (χ2v) is 6.49. The molecule has 1 aliphatic rings. The number of carbonyl (C=O) groups excluding carboxylic acids is 1. The highest BCUT2D eigenvalue weighted by molar-refractivity contribution is 7.99. The summed E-state index contributed by atoms with van der Waals surface area (Å²) in [4.78, 5) is 14.2. The van der Waals surface area contributed by atoms with Crippen LogP contribution in [0.3, 0.4) is 0 Å². The van der Waals surface area contributed by atoms with Crippen molar-refractivity contribution in [2.75, 3.05) is 18.8 Å². The van der Waals surface area contributed by atoms with Crippen LogP contribution in [0.4, 0.5) is 0 Å². The average molecular weight is 312 g/mol. The number of alkyl halides is 1. The quantitative estimate of drug-likeness (QED) is 0.764. The highest BCUT2D eigenvalue weighted by Crippen LogP contribution is 2.16. The van der Waals surface area contributed by atoms with Crippen LogP contribution in [0, 0.1) is 0 Å². The van der Waals surface area contributed by atoms with Gasteiger partial charge in [-0.25, -0.2) is 0 Å². The van der Waals surface area contributed by atoms with Gasteiger partial charge in [0.25, 0.3) is 0 Å². The summed E-state index contributed by atoms with van der Waals surface area (Å²) in [5, 5.41) is 0. The predicted molar refractivity (Wildman–Crippen MR) is 87.2 cm³/mol. The van der Waals surface area contributed by atoms with E-state index >= 15 is 0 Å². The molecule has 1 amide bonds. The number of hydrogen-bond donors (Lipinski definition) is 0. The van der Waals surface area contributed by atoms with Gasteiger partial charge < -0.3 is 4.90 Å². The Balaban J connectivity index is 1.72. The second-order valence-electron chi connectivity index (χ2n) is 5.24. The number of likely N-dealkylation sites (tertiary alicyclic amines) is 1. The smallest absolute Gasteiger partial charge is 0.232 e. The molecule has 0 unspecified atom stereocenters. The molecule has 0 aromatic heterocycles. The van der Waals surface area contributed by atoms with E-state index in [1.54, 1.807) is 11.8 Å². The molecule has 0 bridgehead atoms. The Morgan fingerprint density at radius 3 is 2.25 bits per heavy atom. The van der Waals surface area contributed by atoms with E-state index < -0.39 is 0 Å². The van der Waals surface area contributed by atoms with Crippen LogP contribution in [0.15, 0.2) is 24.3 Å². The minimum atomic E-state index is 0.300. The maximum absolute atomic E-state index is 12.1. The first-order valence-electron chi connectivity index (χ1n) is 7.29. The number of thioether (sulfide) groups is 1. The van der Waals surface area contributed by atoms with Gasteiger partial charge >= 0.3 is 0 Å². The van der Waals surface area contributed by atoms with Crippen molar-refractivity contribution in [2.24, 2.45) is 0 Å². The van der Waals surface area contributed by atoms with E-state index in [0.717, 1.165) is 37.2 Å². The Morgan fingerprint density at radius 1 is 1.05 bits per heavy atom. The van der Waals surface area contributed by atoms with Crippen molar-refractivity contribution in [1.29, 1.82) is 0 Å². The van der Waals surface area contributed by atoms with E-state index in [9.17, 15) is 4.79 Å². The molecule has 1 fully saturated rings. The first-order valence-corrected chi connectivity index (χ1v) is 8.98. The molecule has 1 heterocycles. The van der Waals surface area contributed by atoms with Crippen LogP contribution >= 0.6 is 23.4 Å². The van der Waals surface area contributed by atoms with Crippen molar-refractivity contribution < 1.29 is 4.79 Å². The Hall–Kier alpha value is -0.670. The SMILES string of the molecule is O=C(CSCc1ccc(CCl)cc1)N1CCCCCC1. The van der Waals surface area contributed by atoms with Crippen LogP contribution in [0.1, 0.15) is 36.8 Å². The number of halogens is 1. The van der Waals surface area contributed by atoms with Gasteiger partial charge in [0.05, 0.1) is 5.75 Å². The molecule has 2 nitrogen and oxygen atoms in total. The van der Waals surface area contributed by atoms with Gasteiger partial charge in [0.1, 0.15) is 0 Å². The topological polar surface area (TPSA) is 20.3 Å².